The Balaban J connectivity index is 1.53. The van der Waals surface area contributed by atoms with Crippen LogP contribution in [0.3, 0.4) is 0 Å². The summed E-state index contributed by atoms with van der Waals surface area (Å²) < 4.78 is 46.5. The number of benzene rings is 3. The molecular weight excluding hydrogens is 813 g/mol. The second kappa shape index (κ2) is 18.7. The van der Waals surface area contributed by atoms with Gasteiger partial charge in [0.2, 0.25) is 11.8 Å². The molecular formula is C46H54N6O9S. The number of methoxy groups -OCH3 is 1. The molecule has 0 radical (unpaired) electrons. The maximum absolute atomic E-state index is 14.8. The molecule has 0 saturated carbocycles. The number of nitriles is 1. The maximum atomic E-state index is 14.8. The van der Waals surface area contributed by atoms with Crippen LogP contribution in [0.25, 0.3) is 22.2 Å². The standard InChI is InChI=1S/C46H54N6O9S/c1-10-11-23-46(8,42(55)51-62(57,58)33-20-17-29(27-47)18-21-33)50-40(53)37-25-32(28-52(37)41(54)39(44(2,3)4)49-43(56)61-45(5,6)7)60-38-26-35(30-15-13-12-14-16-30)48-36-24-31(59-9)19-22-34(36)38/h10,12-22,24,26,32,37,39H,1,11,23,25,28H2,2-9H3,(H,49,56)(H,50,53)(H,51,55). The summed E-state index contributed by atoms with van der Waals surface area (Å²) >= 11 is 0. The first-order valence-corrected chi connectivity index (χ1v) is 21.6. The maximum Gasteiger partial charge on any atom is 0.408 e. The molecule has 2 heterocycles. The molecule has 328 valence electrons. The van der Waals surface area contributed by atoms with Crippen LogP contribution in [0.5, 0.6) is 11.5 Å². The highest BCUT2D eigenvalue weighted by Gasteiger charge is 2.48. The Morgan fingerprint density at radius 1 is 0.984 bits per heavy atom. The highest BCUT2D eigenvalue weighted by molar-refractivity contribution is 7.90. The normalized spacial score (nSPS) is 16.9. The van der Waals surface area contributed by atoms with Crippen LogP contribution >= 0.6 is 0 Å². The van der Waals surface area contributed by atoms with Crippen molar-refractivity contribution in [2.24, 2.45) is 5.41 Å². The highest BCUT2D eigenvalue weighted by Crippen LogP contribution is 2.35. The molecule has 4 amide bonds. The molecule has 15 nitrogen and oxygen atoms in total. The van der Waals surface area contributed by atoms with Crippen molar-refractivity contribution in [3.05, 3.63) is 97.1 Å². The van der Waals surface area contributed by atoms with Crippen molar-refractivity contribution in [3.8, 4) is 28.8 Å². The fraction of sp³-hybridized carbons (Fsp3) is 0.391. The molecule has 0 spiro atoms. The van der Waals surface area contributed by atoms with Gasteiger partial charge in [0, 0.05) is 29.5 Å². The molecule has 0 aliphatic carbocycles. The van der Waals surface area contributed by atoms with Crippen molar-refractivity contribution in [1.82, 2.24) is 25.2 Å². The van der Waals surface area contributed by atoms with Crippen molar-refractivity contribution in [2.45, 2.75) is 102 Å². The van der Waals surface area contributed by atoms with Crippen molar-refractivity contribution in [2.75, 3.05) is 13.7 Å². The van der Waals surface area contributed by atoms with E-state index in [0.29, 0.717) is 28.1 Å². The largest absolute Gasteiger partial charge is 0.497 e. The number of pyridine rings is 1. The highest BCUT2D eigenvalue weighted by atomic mass is 32.2. The lowest BCUT2D eigenvalue weighted by Gasteiger charge is -2.36. The fourth-order valence-electron chi connectivity index (χ4n) is 6.93. The molecule has 1 saturated heterocycles. The number of ether oxygens (including phenoxy) is 3. The predicted molar refractivity (Wildman–Crippen MR) is 233 cm³/mol. The van der Waals surface area contributed by atoms with E-state index in [2.05, 4.69) is 21.9 Å². The van der Waals surface area contributed by atoms with Gasteiger partial charge in [-0.05, 0) is 82.3 Å². The number of nitrogens with one attached hydrogen (secondary N) is 3. The number of fused-ring (bicyclic) bond motifs is 1. The Hall–Kier alpha value is -6.47. The number of aromatic nitrogens is 1. The number of sulfonamides is 1. The number of hydrogen-bond acceptors (Lipinski definition) is 11. The average Bonchev–Trinajstić information content (AvgIpc) is 3.64. The number of allylic oxidation sites excluding steroid dienone is 1. The quantitative estimate of drug-likeness (QED) is 0.118. The summed E-state index contributed by atoms with van der Waals surface area (Å²) in [7, 11) is -2.90. The van der Waals surface area contributed by atoms with Crippen LogP contribution in [0.2, 0.25) is 0 Å². The molecule has 4 atom stereocenters. The molecule has 4 unspecified atom stereocenters. The van der Waals surface area contributed by atoms with Gasteiger partial charge in [-0.2, -0.15) is 5.26 Å². The number of carbonyl (C=O) groups excluding carboxylic acids is 4. The van der Waals surface area contributed by atoms with E-state index in [1.54, 1.807) is 66.9 Å². The number of likely N-dealkylation sites (tertiary alicyclic amines) is 1. The van der Waals surface area contributed by atoms with E-state index in [0.717, 1.165) is 5.56 Å². The smallest absolute Gasteiger partial charge is 0.408 e. The number of rotatable bonds is 14. The van der Waals surface area contributed by atoms with Gasteiger partial charge < -0.3 is 29.7 Å². The van der Waals surface area contributed by atoms with Crippen LogP contribution in [-0.4, -0.2) is 85.1 Å². The number of carbonyl (C=O) groups is 4. The van der Waals surface area contributed by atoms with Crippen molar-refractivity contribution in [3.63, 3.8) is 0 Å². The second-order valence-electron chi connectivity index (χ2n) is 17.4. The van der Waals surface area contributed by atoms with Gasteiger partial charge in [0.25, 0.3) is 15.9 Å². The molecule has 1 aliphatic rings. The van der Waals surface area contributed by atoms with Gasteiger partial charge in [0.05, 0.1) is 41.4 Å². The van der Waals surface area contributed by atoms with Gasteiger partial charge in [-0.25, -0.2) is 22.9 Å². The summed E-state index contributed by atoms with van der Waals surface area (Å²) in [5.41, 5.74) is -1.35. The lowest BCUT2D eigenvalue weighted by atomic mass is 9.85. The van der Waals surface area contributed by atoms with Gasteiger partial charge in [-0.1, -0.05) is 57.2 Å². The average molecular weight is 867 g/mol. The van der Waals surface area contributed by atoms with Crippen molar-refractivity contribution in [1.29, 1.82) is 5.26 Å². The fourth-order valence-corrected chi connectivity index (χ4v) is 8.01. The zero-order valence-corrected chi connectivity index (χ0v) is 37.1. The Bertz CT molecular complexity index is 2470. The molecule has 16 heteroatoms. The topological polar surface area (TPSA) is 206 Å². The lowest BCUT2D eigenvalue weighted by Crippen LogP contribution is -2.62. The van der Waals surface area contributed by atoms with E-state index < -0.39 is 68.6 Å². The molecule has 3 N–H and O–H groups in total. The van der Waals surface area contributed by atoms with Gasteiger partial charge in [-0.3, -0.25) is 14.4 Å². The third-order valence-corrected chi connectivity index (χ3v) is 11.6. The van der Waals surface area contributed by atoms with E-state index in [1.807, 2.05) is 42.5 Å². The molecule has 4 aromatic rings. The van der Waals surface area contributed by atoms with Crippen LogP contribution in [0.15, 0.2) is 96.4 Å². The molecule has 3 aromatic carbocycles. The lowest BCUT2D eigenvalue weighted by molar-refractivity contribution is -0.143. The first-order valence-electron chi connectivity index (χ1n) is 20.1. The first-order chi connectivity index (χ1) is 29.1. The second-order valence-corrected chi connectivity index (χ2v) is 19.1. The van der Waals surface area contributed by atoms with E-state index in [1.165, 1.54) is 42.2 Å². The number of amides is 4. The van der Waals surface area contributed by atoms with Gasteiger partial charge in [0.1, 0.15) is 40.8 Å². The molecule has 1 fully saturated rings. The van der Waals surface area contributed by atoms with E-state index in [-0.39, 0.29) is 36.3 Å². The molecule has 1 aromatic heterocycles. The summed E-state index contributed by atoms with van der Waals surface area (Å²) in [6.07, 6.45) is -0.00511. The van der Waals surface area contributed by atoms with Gasteiger partial charge >= 0.3 is 6.09 Å². The molecule has 1 aliphatic heterocycles. The van der Waals surface area contributed by atoms with Gasteiger partial charge in [0.15, 0.2) is 0 Å². The number of alkyl carbamates (subject to hydrolysis) is 1. The molecule has 62 heavy (non-hydrogen) atoms. The summed E-state index contributed by atoms with van der Waals surface area (Å²) in [4.78, 5) is 62.5. The third kappa shape index (κ3) is 11.3. The Morgan fingerprint density at radius 2 is 1.66 bits per heavy atom. The molecule has 5 rings (SSSR count). The van der Waals surface area contributed by atoms with Crippen LogP contribution in [0, 0.1) is 16.7 Å². The minimum Gasteiger partial charge on any atom is -0.497 e. The van der Waals surface area contributed by atoms with Crippen LogP contribution in [-0.2, 0) is 29.1 Å². The number of hydrogen-bond donors (Lipinski definition) is 3. The van der Waals surface area contributed by atoms with Crippen LogP contribution in [0.4, 0.5) is 4.79 Å². The van der Waals surface area contributed by atoms with E-state index >= 15 is 0 Å². The Labute approximate surface area is 362 Å². The van der Waals surface area contributed by atoms with E-state index in [9.17, 15) is 27.6 Å². The predicted octanol–water partition coefficient (Wildman–Crippen LogP) is 6.42. The summed E-state index contributed by atoms with van der Waals surface area (Å²) in [6, 6.07) is 21.1. The Kier molecular flexibility index (Phi) is 14.0. The van der Waals surface area contributed by atoms with Crippen molar-refractivity contribution >= 4 is 44.7 Å². The van der Waals surface area contributed by atoms with Crippen LogP contribution < -0.4 is 24.8 Å². The monoisotopic (exact) mass is 866 g/mol. The third-order valence-electron chi connectivity index (χ3n) is 10.2. The first kappa shape index (κ1) is 46.6. The summed E-state index contributed by atoms with van der Waals surface area (Å²) in [5, 5.41) is 15.3. The minimum absolute atomic E-state index is 0.0514. The zero-order valence-electron chi connectivity index (χ0n) is 36.3. The van der Waals surface area contributed by atoms with Crippen molar-refractivity contribution < 1.29 is 41.8 Å². The van der Waals surface area contributed by atoms with Crippen LogP contribution in [0.1, 0.15) is 73.3 Å². The minimum atomic E-state index is -4.45. The Morgan fingerprint density at radius 3 is 2.26 bits per heavy atom. The number of nitrogens with zero attached hydrogens (tertiary/aromatic N) is 3. The summed E-state index contributed by atoms with van der Waals surface area (Å²) in [5.74, 6) is -1.40. The van der Waals surface area contributed by atoms with E-state index in [4.69, 9.17) is 24.5 Å². The molecule has 0 bridgehead atoms. The summed E-state index contributed by atoms with van der Waals surface area (Å²) in [6.45, 7) is 15.4. The SMILES string of the molecule is C=CCCC(C)(NC(=O)C1CC(Oc2cc(-c3ccccc3)nc3cc(OC)ccc23)CN1C(=O)C(NC(=O)OC(C)(C)C)C(C)(C)C)C(=O)NS(=O)(=O)c1ccc(C#N)cc1. The van der Waals surface area contributed by atoms with Gasteiger partial charge in [-0.15, -0.1) is 6.58 Å². The zero-order chi connectivity index (χ0) is 45.6.